The summed E-state index contributed by atoms with van der Waals surface area (Å²) in [5, 5.41) is 5.59. The van der Waals surface area contributed by atoms with Crippen LogP contribution < -0.4 is 10.6 Å². The second kappa shape index (κ2) is 7.22. The molecule has 0 spiro atoms. The van der Waals surface area contributed by atoms with Crippen LogP contribution in [0.2, 0.25) is 0 Å². The van der Waals surface area contributed by atoms with Gasteiger partial charge >= 0.3 is 0 Å². The Labute approximate surface area is 125 Å². The predicted octanol–water partition coefficient (Wildman–Crippen LogP) is 1.72. The molecule has 0 radical (unpaired) electrons. The van der Waals surface area contributed by atoms with Gasteiger partial charge in [-0.05, 0) is 37.9 Å². The van der Waals surface area contributed by atoms with Crippen LogP contribution in [0.4, 0.5) is 5.69 Å². The van der Waals surface area contributed by atoms with Crippen LogP contribution in [0.5, 0.6) is 0 Å². The van der Waals surface area contributed by atoms with Crippen LogP contribution in [0.3, 0.4) is 0 Å². The highest BCUT2D eigenvalue weighted by molar-refractivity contribution is 6.04. The van der Waals surface area contributed by atoms with Crippen molar-refractivity contribution in [1.29, 1.82) is 0 Å². The molecular formula is C16H23N3O2. The molecule has 0 saturated carbocycles. The van der Waals surface area contributed by atoms with E-state index in [-0.39, 0.29) is 18.4 Å². The molecule has 1 aromatic carbocycles. The van der Waals surface area contributed by atoms with Gasteiger partial charge in [-0.3, -0.25) is 9.59 Å². The van der Waals surface area contributed by atoms with Crippen molar-refractivity contribution in [2.24, 2.45) is 5.92 Å². The van der Waals surface area contributed by atoms with Crippen molar-refractivity contribution >= 4 is 17.5 Å². The third kappa shape index (κ3) is 4.04. The van der Waals surface area contributed by atoms with E-state index in [0.29, 0.717) is 17.2 Å². The van der Waals surface area contributed by atoms with E-state index in [1.165, 1.54) is 0 Å². The normalized spacial score (nSPS) is 15.8. The maximum absolute atomic E-state index is 12.6. The maximum atomic E-state index is 12.6. The second-order valence-corrected chi connectivity index (χ2v) is 5.60. The summed E-state index contributed by atoms with van der Waals surface area (Å²) in [5.41, 5.74) is 1.15. The number of para-hydroxylation sites is 1. The molecule has 114 valence electrons. The topological polar surface area (TPSA) is 61.4 Å². The highest BCUT2D eigenvalue weighted by atomic mass is 16.2. The van der Waals surface area contributed by atoms with E-state index in [1.54, 1.807) is 19.2 Å². The zero-order valence-corrected chi connectivity index (χ0v) is 12.7. The first-order chi connectivity index (χ1) is 10.1. The summed E-state index contributed by atoms with van der Waals surface area (Å²) in [6.45, 7) is 4.02. The molecule has 2 rings (SSSR count). The van der Waals surface area contributed by atoms with Gasteiger partial charge in [0.15, 0.2) is 0 Å². The maximum Gasteiger partial charge on any atom is 0.255 e. The highest BCUT2D eigenvalue weighted by Gasteiger charge is 2.23. The molecule has 1 saturated heterocycles. The fourth-order valence-electron chi connectivity index (χ4n) is 2.52. The lowest BCUT2D eigenvalue weighted by Gasteiger charge is -2.30. The van der Waals surface area contributed by atoms with Gasteiger partial charge in [-0.2, -0.15) is 0 Å². The lowest BCUT2D eigenvalue weighted by atomic mass is 9.98. The van der Waals surface area contributed by atoms with Gasteiger partial charge in [0, 0.05) is 13.1 Å². The number of likely N-dealkylation sites (N-methyl/N-ethyl adjacent to an activating group) is 1. The Bertz CT molecular complexity index is 508. The van der Waals surface area contributed by atoms with Gasteiger partial charge in [0.1, 0.15) is 0 Å². The number of hydrogen-bond donors (Lipinski definition) is 2. The minimum atomic E-state index is -0.148. The second-order valence-electron chi connectivity index (χ2n) is 5.60. The summed E-state index contributed by atoms with van der Waals surface area (Å²) < 4.78 is 0. The molecule has 0 bridgehead atoms. The van der Waals surface area contributed by atoms with E-state index in [4.69, 9.17) is 0 Å². The molecule has 1 aromatic rings. The molecule has 0 atom stereocenters. The van der Waals surface area contributed by atoms with Crippen molar-refractivity contribution in [1.82, 2.24) is 10.2 Å². The summed E-state index contributed by atoms with van der Waals surface area (Å²) in [6.07, 6.45) is 2.08. The third-order valence-electron chi connectivity index (χ3n) is 3.84. The molecule has 1 aliphatic heterocycles. The number of benzene rings is 1. The molecule has 2 amide bonds. The number of carbonyl (C=O) groups is 2. The van der Waals surface area contributed by atoms with Crippen LogP contribution in [-0.4, -0.2) is 43.4 Å². The van der Waals surface area contributed by atoms with Crippen molar-refractivity contribution in [3.8, 4) is 0 Å². The zero-order chi connectivity index (χ0) is 15.2. The number of anilines is 1. The zero-order valence-electron chi connectivity index (χ0n) is 12.7. The number of hydrogen-bond acceptors (Lipinski definition) is 3. The van der Waals surface area contributed by atoms with Crippen LogP contribution >= 0.6 is 0 Å². The Hall–Kier alpha value is -1.88. The smallest absolute Gasteiger partial charge is 0.255 e. The van der Waals surface area contributed by atoms with E-state index in [1.807, 2.05) is 17.0 Å². The Morgan fingerprint density at radius 1 is 1.24 bits per heavy atom. The summed E-state index contributed by atoms with van der Waals surface area (Å²) in [6, 6.07) is 7.19. The van der Waals surface area contributed by atoms with Crippen molar-refractivity contribution in [3.05, 3.63) is 29.8 Å². The molecule has 21 heavy (non-hydrogen) atoms. The van der Waals surface area contributed by atoms with E-state index >= 15 is 0 Å². The number of likely N-dealkylation sites (tertiary alicyclic amines) is 1. The van der Waals surface area contributed by atoms with Gasteiger partial charge in [0.05, 0.1) is 17.8 Å². The Kier molecular flexibility index (Phi) is 5.33. The van der Waals surface area contributed by atoms with Crippen molar-refractivity contribution in [2.45, 2.75) is 19.8 Å². The fraction of sp³-hybridized carbons (Fsp3) is 0.500. The van der Waals surface area contributed by atoms with Crippen LogP contribution in [-0.2, 0) is 4.79 Å². The number of carbonyl (C=O) groups excluding carboxylic acids is 2. The molecule has 1 aliphatic rings. The van der Waals surface area contributed by atoms with Gasteiger partial charge in [-0.15, -0.1) is 0 Å². The SMILES string of the molecule is CNCC(=O)Nc1ccccc1C(=O)N1CCC(C)CC1. The molecule has 2 N–H and O–H groups in total. The van der Waals surface area contributed by atoms with Crippen molar-refractivity contribution < 1.29 is 9.59 Å². The van der Waals surface area contributed by atoms with Crippen molar-refractivity contribution in [3.63, 3.8) is 0 Å². The molecule has 0 aromatic heterocycles. The van der Waals surface area contributed by atoms with E-state index < -0.39 is 0 Å². The molecule has 0 aliphatic carbocycles. The number of rotatable bonds is 4. The van der Waals surface area contributed by atoms with Gasteiger partial charge in [0.25, 0.3) is 5.91 Å². The molecular weight excluding hydrogens is 266 g/mol. The Morgan fingerprint density at radius 2 is 1.90 bits per heavy atom. The summed E-state index contributed by atoms with van der Waals surface area (Å²) >= 11 is 0. The lowest BCUT2D eigenvalue weighted by Crippen LogP contribution is -2.38. The molecule has 5 heteroatoms. The van der Waals surface area contributed by atoms with Gasteiger partial charge in [-0.1, -0.05) is 19.1 Å². The molecule has 1 heterocycles. The number of nitrogens with zero attached hydrogens (tertiary/aromatic N) is 1. The van der Waals surface area contributed by atoms with E-state index in [9.17, 15) is 9.59 Å². The van der Waals surface area contributed by atoms with Gasteiger partial charge in [-0.25, -0.2) is 0 Å². The summed E-state index contributed by atoms with van der Waals surface area (Å²) in [4.78, 5) is 26.2. The first-order valence-corrected chi connectivity index (χ1v) is 7.44. The number of nitrogens with one attached hydrogen (secondary N) is 2. The largest absolute Gasteiger partial charge is 0.339 e. The summed E-state index contributed by atoms with van der Waals surface area (Å²) in [5.74, 6) is 0.534. The lowest BCUT2D eigenvalue weighted by molar-refractivity contribution is -0.115. The highest BCUT2D eigenvalue weighted by Crippen LogP contribution is 2.22. The number of piperidine rings is 1. The average molecular weight is 289 g/mol. The van der Waals surface area contributed by atoms with Crippen LogP contribution in [0.1, 0.15) is 30.1 Å². The quantitative estimate of drug-likeness (QED) is 0.887. The molecule has 1 fully saturated rings. The fourth-order valence-corrected chi connectivity index (χ4v) is 2.52. The van der Waals surface area contributed by atoms with Crippen LogP contribution in [0, 0.1) is 5.92 Å². The van der Waals surface area contributed by atoms with Crippen LogP contribution in [0.15, 0.2) is 24.3 Å². The Morgan fingerprint density at radius 3 is 2.57 bits per heavy atom. The third-order valence-corrected chi connectivity index (χ3v) is 3.84. The Balaban J connectivity index is 2.11. The first-order valence-electron chi connectivity index (χ1n) is 7.44. The van der Waals surface area contributed by atoms with E-state index in [0.717, 1.165) is 25.9 Å². The molecule has 0 unspecified atom stereocenters. The van der Waals surface area contributed by atoms with Gasteiger partial charge in [0.2, 0.25) is 5.91 Å². The number of amides is 2. The van der Waals surface area contributed by atoms with Crippen molar-refractivity contribution in [2.75, 3.05) is 32.0 Å². The molecule has 5 nitrogen and oxygen atoms in total. The standard InChI is InChI=1S/C16H23N3O2/c1-12-7-9-19(10-8-12)16(21)13-5-3-4-6-14(13)18-15(20)11-17-2/h3-6,12,17H,7-11H2,1-2H3,(H,18,20). The van der Waals surface area contributed by atoms with Gasteiger partial charge < -0.3 is 15.5 Å². The van der Waals surface area contributed by atoms with E-state index in [2.05, 4.69) is 17.6 Å². The van der Waals surface area contributed by atoms with Crippen LogP contribution in [0.25, 0.3) is 0 Å². The first kappa shape index (κ1) is 15.5. The minimum absolute atomic E-state index is 0.00209. The monoisotopic (exact) mass is 289 g/mol. The average Bonchev–Trinajstić information content (AvgIpc) is 2.48. The summed E-state index contributed by atoms with van der Waals surface area (Å²) in [7, 11) is 1.71. The minimum Gasteiger partial charge on any atom is -0.339 e. The predicted molar refractivity (Wildman–Crippen MR) is 83.3 cm³/mol.